The monoisotopic (exact) mass is 680 g/mol. The topological polar surface area (TPSA) is 136 Å². The number of rotatable bonds is 8. The zero-order chi connectivity index (χ0) is 35.3. The van der Waals surface area contributed by atoms with Crippen molar-refractivity contribution in [3.63, 3.8) is 0 Å². The van der Waals surface area contributed by atoms with Crippen LogP contribution in [0, 0.1) is 5.41 Å². The summed E-state index contributed by atoms with van der Waals surface area (Å²) in [6.45, 7) is 4.69. The van der Waals surface area contributed by atoms with E-state index in [4.69, 9.17) is 35.0 Å². The number of phenols is 4. The Balaban J connectivity index is 1.38. The van der Waals surface area contributed by atoms with E-state index in [1.54, 1.807) is 48.5 Å². The van der Waals surface area contributed by atoms with Gasteiger partial charge in [-0.15, -0.1) is 0 Å². The van der Waals surface area contributed by atoms with Crippen molar-refractivity contribution in [3.05, 3.63) is 118 Å². The average Bonchev–Trinajstić information content (AvgIpc) is 3.64. The fraction of sp³-hybridized carbons (Fsp3) is 0.300. The third-order valence-electron chi connectivity index (χ3n) is 10.4. The lowest BCUT2D eigenvalue weighted by molar-refractivity contribution is 0.00312. The molecule has 260 valence electrons. The van der Waals surface area contributed by atoms with Gasteiger partial charge in [-0.05, 0) is 107 Å². The second-order valence-corrected chi connectivity index (χ2v) is 12.9. The lowest BCUT2D eigenvalue weighted by Gasteiger charge is -2.40. The average molecular weight is 681 g/mol. The Morgan fingerprint density at radius 3 is 1.42 bits per heavy atom. The van der Waals surface area contributed by atoms with Gasteiger partial charge >= 0.3 is 0 Å². The largest absolute Gasteiger partial charge is 0.504 e. The van der Waals surface area contributed by atoms with Crippen LogP contribution in [0.25, 0.3) is 0 Å². The highest BCUT2D eigenvalue weighted by Gasteiger charge is 2.56. The number of hydrogen-bond donors (Lipinski definition) is 4. The van der Waals surface area contributed by atoms with Crippen molar-refractivity contribution < 1.29 is 48.8 Å². The van der Waals surface area contributed by atoms with Gasteiger partial charge in [0.25, 0.3) is 0 Å². The van der Waals surface area contributed by atoms with Gasteiger partial charge in [0.15, 0.2) is 46.0 Å². The van der Waals surface area contributed by atoms with Crippen molar-refractivity contribution in [1.82, 2.24) is 0 Å². The fourth-order valence-corrected chi connectivity index (χ4v) is 7.86. The minimum absolute atomic E-state index is 0.0216. The molecule has 5 atom stereocenters. The van der Waals surface area contributed by atoms with E-state index in [0.29, 0.717) is 42.3 Å². The summed E-state index contributed by atoms with van der Waals surface area (Å²) in [5.41, 5.74) is 5.67. The molecule has 10 nitrogen and oxygen atoms in total. The molecule has 2 aliphatic heterocycles. The molecule has 3 aliphatic rings. The molecule has 50 heavy (non-hydrogen) atoms. The number of ether oxygens (including phenoxy) is 6. The van der Waals surface area contributed by atoms with Gasteiger partial charge in [0.05, 0.1) is 34.5 Å². The summed E-state index contributed by atoms with van der Waals surface area (Å²) in [5, 5.41) is 41.7. The Kier molecular flexibility index (Phi) is 8.53. The van der Waals surface area contributed by atoms with Gasteiger partial charge in [0, 0.05) is 5.41 Å². The first-order chi connectivity index (χ1) is 24.1. The van der Waals surface area contributed by atoms with Crippen LogP contribution in [0.1, 0.15) is 65.9 Å². The molecule has 0 bridgehead atoms. The molecule has 1 spiro atoms. The van der Waals surface area contributed by atoms with Gasteiger partial charge in [-0.25, -0.2) is 0 Å². The van der Waals surface area contributed by atoms with Crippen molar-refractivity contribution in [2.45, 2.75) is 43.7 Å². The first-order valence-corrected chi connectivity index (χ1v) is 16.3. The van der Waals surface area contributed by atoms with Crippen LogP contribution in [-0.4, -0.2) is 48.9 Å². The molecule has 0 amide bonds. The maximum Gasteiger partial charge on any atom is 0.160 e. The van der Waals surface area contributed by atoms with Gasteiger partial charge in [-0.2, -0.15) is 0 Å². The van der Waals surface area contributed by atoms with Crippen LogP contribution in [0.4, 0.5) is 0 Å². The normalized spacial score (nSPS) is 24.4. The molecule has 0 radical (unpaired) electrons. The van der Waals surface area contributed by atoms with E-state index in [-0.39, 0.29) is 23.0 Å². The molecular formula is C40H40O10. The highest BCUT2D eigenvalue weighted by atomic mass is 16.5. The van der Waals surface area contributed by atoms with Gasteiger partial charge in [-0.3, -0.25) is 0 Å². The summed E-state index contributed by atoms with van der Waals surface area (Å²) in [6.07, 6.45) is -0.118. The van der Waals surface area contributed by atoms with E-state index in [1.807, 2.05) is 24.3 Å². The van der Waals surface area contributed by atoms with Gasteiger partial charge in [0.1, 0.15) is 18.3 Å². The minimum Gasteiger partial charge on any atom is -0.504 e. The van der Waals surface area contributed by atoms with Gasteiger partial charge < -0.3 is 48.8 Å². The van der Waals surface area contributed by atoms with Gasteiger partial charge in [-0.1, -0.05) is 30.8 Å². The number of benzene rings is 4. The molecule has 1 saturated heterocycles. The molecule has 2 heterocycles. The van der Waals surface area contributed by atoms with E-state index < -0.39 is 29.8 Å². The van der Waals surface area contributed by atoms with Gasteiger partial charge in [0.2, 0.25) is 0 Å². The molecule has 0 unspecified atom stereocenters. The molecule has 4 aromatic carbocycles. The predicted octanol–water partition coefficient (Wildman–Crippen LogP) is 7.89. The van der Waals surface area contributed by atoms with Crippen LogP contribution in [0.3, 0.4) is 0 Å². The minimum atomic E-state index is -0.624. The van der Waals surface area contributed by atoms with E-state index >= 15 is 0 Å². The number of aromatic hydroxyl groups is 4. The first-order valence-electron chi connectivity index (χ1n) is 16.3. The highest BCUT2D eigenvalue weighted by molar-refractivity contribution is 5.53. The summed E-state index contributed by atoms with van der Waals surface area (Å²) >= 11 is 0. The summed E-state index contributed by atoms with van der Waals surface area (Å²) < 4.78 is 35.8. The van der Waals surface area contributed by atoms with E-state index in [2.05, 4.69) is 0 Å². The van der Waals surface area contributed by atoms with Crippen LogP contribution >= 0.6 is 0 Å². The van der Waals surface area contributed by atoms with Crippen LogP contribution in [-0.2, 0) is 9.47 Å². The van der Waals surface area contributed by atoms with Crippen LogP contribution in [0.5, 0.6) is 46.0 Å². The quantitative estimate of drug-likeness (QED) is 0.136. The first kappa shape index (κ1) is 33.2. The van der Waals surface area contributed by atoms with Crippen LogP contribution in [0.15, 0.2) is 96.1 Å². The molecule has 1 fully saturated rings. The Hall–Kier alpha value is -5.32. The van der Waals surface area contributed by atoms with Crippen molar-refractivity contribution in [2.24, 2.45) is 5.41 Å². The maximum atomic E-state index is 10.5. The summed E-state index contributed by atoms with van der Waals surface area (Å²) in [7, 11) is 6.04. The molecule has 4 N–H and O–H groups in total. The van der Waals surface area contributed by atoms with Crippen molar-refractivity contribution in [2.75, 3.05) is 28.4 Å². The summed E-state index contributed by atoms with van der Waals surface area (Å²) in [5.74, 6) is 1.44. The molecule has 4 aromatic rings. The molecule has 0 saturated carbocycles. The Morgan fingerprint density at radius 2 is 0.960 bits per heavy atom. The Labute approximate surface area is 290 Å². The Morgan fingerprint density at radius 1 is 0.560 bits per heavy atom. The lowest BCUT2D eigenvalue weighted by Crippen LogP contribution is -2.31. The standard InChI is InChI=1S/C40H40O10/c1-21-36(22-6-10-28(41)32(16-22)45-2)50-39(25-9-13-31(44)35(19-25)48-5)40(21)15-14-26-27(20-40)38(24-8-12-30(43)34(18-24)47-4)49-37(26)23-7-11-29(42)33(17-23)46-3/h6-13,16-19,36-39,41-44H,1,14-15,20H2,2-5H3/t36-,37+,38-,39-,40+/m0/s1. The van der Waals surface area contributed by atoms with Crippen LogP contribution in [0.2, 0.25) is 0 Å². The smallest absolute Gasteiger partial charge is 0.160 e. The fourth-order valence-electron chi connectivity index (χ4n) is 7.86. The predicted molar refractivity (Wildman–Crippen MR) is 184 cm³/mol. The van der Waals surface area contributed by atoms with Crippen molar-refractivity contribution in [1.29, 1.82) is 0 Å². The molecule has 1 aliphatic carbocycles. The van der Waals surface area contributed by atoms with Crippen LogP contribution < -0.4 is 18.9 Å². The molecule has 10 heteroatoms. The second-order valence-electron chi connectivity index (χ2n) is 12.9. The molecular weight excluding hydrogens is 640 g/mol. The summed E-state index contributed by atoms with van der Waals surface area (Å²) in [4.78, 5) is 0. The second kappa shape index (κ2) is 12.9. The Bertz CT molecular complexity index is 2000. The number of phenolic OH excluding ortho intramolecular Hbond substituents is 4. The zero-order valence-corrected chi connectivity index (χ0v) is 28.3. The maximum absolute atomic E-state index is 10.5. The zero-order valence-electron chi connectivity index (χ0n) is 28.3. The molecule has 7 rings (SSSR count). The van der Waals surface area contributed by atoms with E-state index in [1.165, 1.54) is 28.4 Å². The van der Waals surface area contributed by atoms with Crippen molar-refractivity contribution >= 4 is 0 Å². The lowest BCUT2D eigenvalue weighted by atomic mass is 9.62. The SMILES string of the molecule is C=C1[C@@H](c2ccc(O)c(OC)c2)O[C@@H](c2ccc(O)c(OC)c2)[C@@]12CCC1=C(C2)[C@H](c2ccc(O)c(OC)c2)O[C@@H]1c1ccc(O)c(OC)c1. The third-order valence-corrected chi connectivity index (χ3v) is 10.4. The number of methoxy groups -OCH3 is 4. The third kappa shape index (κ3) is 5.35. The molecule has 0 aromatic heterocycles. The summed E-state index contributed by atoms with van der Waals surface area (Å²) in [6, 6.07) is 20.9. The highest BCUT2D eigenvalue weighted by Crippen LogP contribution is 2.67. The van der Waals surface area contributed by atoms with E-state index in [9.17, 15) is 20.4 Å². The number of hydrogen-bond acceptors (Lipinski definition) is 10. The van der Waals surface area contributed by atoms with E-state index in [0.717, 1.165) is 39.0 Å². The van der Waals surface area contributed by atoms with Crippen molar-refractivity contribution in [3.8, 4) is 46.0 Å².